The van der Waals surface area contributed by atoms with Gasteiger partial charge in [-0.05, 0) is 31.7 Å². The quantitative estimate of drug-likeness (QED) is 0.201. The molecule has 5 rings (SSSR count). The summed E-state index contributed by atoms with van der Waals surface area (Å²) in [6.45, 7) is 13.0. The van der Waals surface area contributed by atoms with E-state index < -0.39 is 53.5 Å². The standard InChI is InChI=1S/C35H48N4O8/c1-4-6-12-28(41)46-23-26(25-10-8-7-9-11-25)36-32(42)29-27-13-14-35(47-27)30(29)33(43)39(24(3)22-40)31(35)34(44)38(15-5-2)17-16-37-18-20-45-21-19-37/h4-5,7-11,24,26-27,29-31,40H,1-2,6,12-23H2,3H3,(H,36,42)/t24-,26-,27+,29-,30-,31+,35-/m1/s1. The van der Waals surface area contributed by atoms with Crippen LogP contribution in [0, 0.1) is 11.8 Å². The monoisotopic (exact) mass is 652 g/mol. The summed E-state index contributed by atoms with van der Waals surface area (Å²) in [5.41, 5.74) is -0.458. The second kappa shape index (κ2) is 15.5. The van der Waals surface area contributed by atoms with Crippen LogP contribution in [-0.2, 0) is 33.4 Å². The minimum absolute atomic E-state index is 0.0812. The molecule has 12 heteroatoms. The molecule has 7 atom stereocenters. The largest absolute Gasteiger partial charge is 0.463 e. The van der Waals surface area contributed by atoms with Gasteiger partial charge in [-0.25, -0.2) is 0 Å². The molecule has 4 fully saturated rings. The Kier molecular flexibility index (Phi) is 11.5. The smallest absolute Gasteiger partial charge is 0.306 e. The van der Waals surface area contributed by atoms with Crippen LogP contribution < -0.4 is 5.32 Å². The second-order valence-corrected chi connectivity index (χ2v) is 12.8. The maximum atomic E-state index is 14.5. The number of nitrogens with one attached hydrogen (secondary N) is 1. The van der Waals surface area contributed by atoms with Crippen molar-refractivity contribution in [1.29, 1.82) is 0 Å². The number of aliphatic hydroxyl groups is 1. The number of ether oxygens (including phenoxy) is 3. The number of fused-ring (bicyclic) bond motifs is 1. The molecular weight excluding hydrogens is 604 g/mol. The number of amides is 3. The molecule has 256 valence electrons. The highest BCUT2D eigenvalue weighted by molar-refractivity contribution is 5.99. The Morgan fingerprint density at radius 2 is 1.94 bits per heavy atom. The topological polar surface area (TPSA) is 138 Å². The van der Waals surface area contributed by atoms with E-state index in [4.69, 9.17) is 14.2 Å². The number of benzene rings is 1. The van der Waals surface area contributed by atoms with Gasteiger partial charge in [0.05, 0.1) is 49.8 Å². The molecule has 4 heterocycles. The average Bonchev–Trinajstić information content (AvgIpc) is 3.75. The molecule has 1 spiro atoms. The highest BCUT2D eigenvalue weighted by atomic mass is 16.5. The molecule has 0 saturated carbocycles. The summed E-state index contributed by atoms with van der Waals surface area (Å²) in [7, 11) is 0. The van der Waals surface area contributed by atoms with Crippen LogP contribution in [0.2, 0.25) is 0 Å². The van der Waals surface area contributed by atoms with Crippen molar-refractivity contribution < 1.29 is 38.5 Å². The minimum Gasteiger partial charge on any atom is -0.463 e. The van der Waals surface area contributed by atoms with Gasteiger partial charge in [-0.1, -0.05) is 42.5 Å². The first-order chi connectivity index (χ1) is 22.7. The Morgan fingerprint density at radius 1 is 1.19 bits per heavy atom. The lowest BCUT2D eigenvalue weighted by molar-refractivity contribution is -0.151. The summed E-state index contributed by atoms with van der Waals surface area (Å²) < 4.78 is 17.6. The second-order valence-electron chi connectivity index (χ2n) is 12.8. The number of carbonyl (C=O) groups is 4. The molecule has 0 aliphatic carbocycles. The van der Waals surface area contributed by atoms with Crippen molar-refractivity contribution >= 4 is 23.7 Å². The first kappa shape index (κ1) is 34.7. The normalized spacial score (nSPS) is 28.0. The van der Waals surface area contributed by atoms with Gasteiger partial charge in [0.15, 0.2) is 0 Å². The predicted molar refractivity (Wildman–Crippen MR) is 173 cm³/mol. The summed E-state index contributed by atoms with van der Waals surface area (Å²) in [4.78, 5) is 60.7. The van der Waals surface area contributed by atoms with E-state index in [1.54, 1.807) is 24.0 Å². The van der Waals surface area contributed by atoms with Gasteiger partial charge in [-0.2, -0.15) is 0 Å². The van der Waals surface area contributed by atoms with Crippen molar-refractivity contribution in [2.45, 2.75) is 62.4 Å². The molecule has 47 heavy (non-hydrogen) atoms. The Hall–Kier alpha value is -3.58. The van der Waals surface area contributed by atoms with Crippen molar-refractivity contribution in [3.8, 4) is 0 Å². The zero-order chi connectivity index (χ0) is 33.6. The Morgan fingerprint density at radius 3 is 2.62 bits per heavy atom. The fraction of sp³-hybridized carbons (Fsp3) is 0.600. The third-order valence-corrected chi connectivity index (χ3v) is 9.95. The number of morpholine rings is 1. The van der Waals surface area contributed by atoms with E-state index in [1.165, 1.54) is 4.90 Å². The predicted octanol–water partition coefficient (Wildman–Crippen LogP) is 1.46. The lowest BCUT2D eigenvalue weighted by Crippen LogP contribution is -2.59. The van der Waals surface area contributed by atoms with Crippen molar-refractivity contribution in [2.75, 3.05) is 59.2 Å². The Balaban J connectivity index is 1.39. The van der Waals surface area contributed by atoms with Gasteiger partial charge >= 0.3 is 5.97 Å². The van der Waals surface area contributed by atoms with Crippen LogP contribution in [0.5, 0.6) is 0 Å². The molecule has 12 nitrogen and oxygen atoms in total. The van der Waals surface area contributed by atoms with E-state index in [0.29, 0.717) is 45.6 Å². The zero-order valence-electron chi connectivity index (χ0n) is 27.3. The van der Waals surface area contributed by atoms with Gasteiger partial charge in [0.2, 0.25) is 17.7 Å². The summed E-state index contributed by atoms with van der Waals surface area (Å²) >= 11 is 0. The third kappa shape index (κ3) is 7.15. The summed E-state index contributed by atoms with van der Waals surface area (Å²) in [6.07, 6.45) is 4.36. The van der Waals surface area contributed by atoms with Crippen LogP contribution in [0.4, 0.5) is 0 Å². The lowest BCUT2D eigenvalue weighted by atomic mass is 9.70. The van der Waals surface area contributed by atoms with Gasteiger partial charge in [0.25, 0.3) is 0 Å². The van der Waals surface area contributed by atoms with Crippen molar-refractivity contribution in [1.82, 2.24) is 20.0 Å². The highest BCUT2D eigenvalue weighted by Gasteiger charge is 2.75. The summed E-state index contributed by atoms with van der Waals surface area (Å²) in [5, 5.41) is 13.3. The van der Waals surface area contributed by atoms with E-state index in [1.807, 2.05) is 30.3 Å². The van der Waals surface area contributed by atoms with E-state index in [2.05, 4.69) is 23.4 Å². The van der Waals surface area contributed by atoms with Crippen molar-refractivity contribution in [2.24, 2.45) is 11.8 Å². The van der Waals surface area contributed by atoms with E-state index in [9.17, 15) is 24.3 Å². The molecular formula is C35H48N4O8. The van der Waals surface area contributed by atoms with Gasteiger partial charge < -0.3 is 34.4 Å². The van der Waals surface area contributed by atoms with Crippen molar-refractivity contribution in [3.63, 3.8) is 0 Å². The lowest BCUT2D eigenvalue weighted by Gasteiger charge is -2.39. The molecule has 1 aromatic rings. The van der Waals surface area contributed by atoms with E-state index in [-0.39, 0.29) is 38.0 Å². The molecule has 2 N–H and O–H groups in total. The number of esters is 1. The average molecular weight is 653 g/mol. The fourth-order valence-electron chi connectivity index (χ4n) is 7.58. The van der Waals surface area contributed by atoms with Crippen LogP contribution >= 0.6 is 0 Å². The summed E-state index contributed by atoms with van der Waals surface area (Å²) in [6, 6.07) is 6.89. The maximum absolute atomic E-state index is 14.5. The third-order valence-electron chi connectivity index (χ3n) is 9.95. The van der Waals surface area contributed by atoms with Gasteiger partial charge in [-0.3, -0.25) is 24.1 Å². The van der Waals surface area contributed by atoms with E-state index in [0.717, 1.165) is 18.7 Å². The molecule has 4 aliphatic heterocycles. The fourth-order valence-corrected chi connectivity index (χ4v) is 7.58. The number of rotatable bonds is 16. The molecule has 4 aliphatic rings. The van der Waals surface area contributed by atoms with E-state index >= 15 is 0 Å². The first-order valence-electron chi connectivity index (χ1n) is 16.7. The van der Waals surface area contributed by atoms with Gasteiger partial charge in [-0.15, -0.1) is 13.2 Å². The molecule has 0 unspecified atom stereocenters. The highest BCUT2D eigenvalue weighted by Crippen LogP contribution is 2.59. The van der Waals surface area contributed by atoms with Crippen LogP contribution in [0.25, 0.3) is 0 Å². The van der Waals surface area contributed by atoms with Crippen LogP contribution in [0.1, 0.15) is 44.2 Å². The number of carbonyl (C=O) groups excluding carboxylic acids is 4. The number of hydrogen-bond acceptors (Lipinski definition) is 9. The Bertz CT molecular complexity index is 1300. The Labute approximate surface area is 276 Å². The number of nitrogens with zero attached hydrogens (tertiary/aromatic N) is 3. The molecule has 2 bridgehead atoms. The van der Waals surface area contributed by atoms with Crippen LogP contribution in [0.3, 0.4) is 0 Å². The molecule has 4 saturated heterocycles. The number of hydrogen-bond donors (Lipinski definition) is 2. The number of allylic oxidation sites excluding steroid dienone is 1. The van der Waals surface area contributed by atoms with Gasteiger partial charge in [0.1, 0.15) is 18.2 Å². The number of likely N-dealkylation sites (tertiary alicyclic amines) is 1. The van der Waals surface area contributed by atoms with Crippen molar-refractivity contribution in [3.05, 3.63) is 61.2 Å². The molecule has 0 aromatic heterocycles. The molecule has 0 radical (unpaired) electrons. The molecule has 1 aromatic carbocycles. The van der Waals surface area contributed by atoms with Crippen LogP contribution in [0.15, 0.2) is 55.6 Å². The van der Waals surface area contributed by atoms with Gasteiger partial charge in [0, 0.05) is 39.1 Å². The molecule has 3 amide bonds. The SMILES string of the molecule is C=CCCC(=O)OC[C@@H](NC(=O)[C@@H]1[C@@H]2CC[C@]3(O2)[C@H](C(=O)N(CC=C)CCN2CCOCC2)N([C@H](C)CO)C(=O)[C@@H]13)c1ccccc1. The zero-order valence-corrected chi connectivity index (χ0v) is 27.3. The maximum Gasteiger partial charge on any atom is 0.306 e. The minimum atomic E-state index is -1.21. The van der Waals surface area contributed by atoms with Crippen LogP contribution in [-0.4, -0.2) is 126 Å². The number of aliphatic hydroxyl groups excluding tert-OH is 1. The summed E-state index contributed by atoms with van der Waals surface area (Å²) in [5.74, 6) is -3.20. The first-order valence-corrected chi connectivity index (χ1v) is 16.7.